The first-order valence-corrected chi connectivity index (χ1v) is 3.74. The van der Waals surface area contributed by atoms with Gasteiger partial charge in [-0.3, -0.25) is 0 Å². The molecule has 0 saturated carbocycles. The molecule has 0 N–H and O–H groups in total. The normalized spacial score (nSPS) is 11.5. The van der Waals surface area contributed by atoms with Gasteiger partial charge in [-0.15, -0.1) is 0 Å². The molecule has 2 aromatic carbocycles. The summed E-state index contributed by atoms with van der Waals surface area (Å²) in [5.74, 6) is 0. The Morgan fingerprint density at radius 2 is 1.82 bits per heavy atom. The highest BCUT2D eigenvalue weighted by Crippen LogP contribution is 2.16. The van der Waals surface area contributed by atoms with E-state index in [0.29, 0.717) is 6.04 Å². The van der Waals surface area contributed by atoms with E-state index in [0.717, 1.165) is 5.56 Å². The fourth-order valence-corrected chi connectivity index (χ4v) is 1.32. The quantitative estimate of drug-likeness (QED) is 0.531. The molecule has 0 unspecified atom stereocenters. The molecule has 2 aromatic rings. The van der Waals surface area contributed by atoms with Crippen LogP contribution in [0.4, 0.5) is 0 Å². The second kappa shape index (κ2) is 2.39. The van der Waals surface area contributed by atoms with Crippen molar-refractivity contribution in [3.63, 3.8) is 0 Å². The Morgan fingerprint density at radius 3 is 2.73 bits per heavy atom. The summed E-state index contributed by atoms with van der Waals surface area (Å²) in [6.07, 6.45) is 0. The first kappa shape index (κ1) is 5.36. The van der Waals surface area contributed by atoms with Crippen LogP contribution in [0, 0.1) is 6.92 Å². The fraction of sp³-hybridized carbons (Fsp3) is 0.0909. The average Bonchev–Trinajstić information content (AvgIpc) is 2.12. The third kappa shape index (κ3) is 1.01. The summed E-state index contributed by atoms with van der Waals surface area (Å²) in [7, 11) is 0. The molecule has 0 nitrogen and oxygen atoms in total. The van der Waals surface area contributed by atoms with E-state index in [4.69, 9.17) is 1.37 Å². The zero-order valence-electron chi connectivity index (χ0n) is 7.46. The molecule has 0 aliphatic carbocycles. The lowest BCUT2D eigenvalue weighted by Crippen LogP contribution is -1.75. The Kier molecular flexibility index (Phi) is 1.16. The molecule has 0 aliphatic rings. The largest absolute Gasteiger partial charge is 0.0626 e. The van der Waals surface area contributed by atoms with E-state index in [1.807, 2.05) is 31.2 Å². The first-order chi connectivity index (χ1) is 5.79. The smallest absolute Gasteiger partial charge is 0.0616 e. The predicted molar refractivity (Wildman–Crippen MR) is 48.7 cm³/mol. The van der Waals surface area contributed by atoms with Crippen molar-refractivity contribution in [1.82, 2.24) is 0 Å². The van der Waals surface area contributed by atoms with Gasteiger partial charge in [0, 0.05) is 0 Å². The van der Waals surface area contributed by atoms with E-state index in [1.165, 1.54) is 10.8 Å². The lowest BCUT2D eigenvalue weighted by molar-refractivity contribution is 1.53. The predicted octanol–water partition coefficient (Wildman–Crippen LogP) is 3.15. The van der Waals surface area contributed by atoms with Crippen molar-refractivity contribution in [2.45, 2.75) is 6.92 Å². The standard InChI is InChI=1S/C11H10/c1-9-5-4-7-10-6-2-3-8-11(9)10/h2-8H,1H3/i5D. The van der Waals surface area contributed by atoms with Crippen LogP contribution in [-0.2, 0) is 0 Å². The molecule has 0 fully saturated rings. The molecule has 2 rings (SSSR count). The summed E-state index contributed by atoms with van der Waals surface area (Å²) in [4.78, 5) is 0. The van der Waals surface area contributed by atoms with Crippen molar-refractivity contribution in [2.24, 2.45) is 0 Å². The molecule has 0 heteroatoms. The lowest BCUT2D eigenvalue weighted by Gasteiger charge is -1.98. The van der Waals surface area contributed by atoms with Crippen molar-refractivity contribution in [1.29, 1.82) is 0 Å². The van der Waals surface area contributed by atoms with E-state index in [2.05, 4.69) is 12.1 Å². The van der Waals surface area contributed by atoms with Crippen LogP contribution in [0.2, 0.25) is 0 Å². The Labute approximate surface area is 67.9 Å². The topological polar surface area (TPSA) is 0 Å². The first-order valence-electron chi connectivity index (χ1n) is 4.24. The van der Waals surface area contributed by atoms with Gasteiger partial charge in [0.15, 0.2) is 0 Å². The molecule has 0 bridgehead atoms. The van der Waals surface area contributed by atoms with E-state index >= 15 is 0 Å². The minimum absolute atomic E-state index is 0.619. The summed E-state index contributed by atoms with van der Waals surface area (Å²) in [6, 6.07) is 12.6. The second-order valence-electron chi connectivity index (χ2n) is 2.69. The van der Waals surface area contributed by atoms with Crippen molar-refractivity contribution in [2.75, 3.05) is 0 Å². The molecular formula is C11H10. The molecule has 0 aliphatic heterocycles. The SMILES string of the molecule is [2H]c1ccc2ccccc2c1C. The molecule has 0 atom stereocenters. The number of hydrogen-bond acceptors (Lipinski definition) is 0. The van der Waals surface area contributed by atoms with E-state index in [1.54, 1.807) is 0 Å². The van der Waals surface area contributed by atoms with Gasteiger partial charge >= 0.3 is 0 Å². The third-order valence-electron chi connectivity index (χ3n) is 1.93. The van der Waals surface area contributed by atoms with Gasteiger partial charge in [0.05, 0.1) is 1.37 Å². The van der Waals surface area contributed by atoms with E-state index < -0.39 is 0 Å². The maximum absolute atomic E-state index is 7.60. The molecule has 0 aromatic heterocycles. The summed E-state index contributed by atoms with van der Waals surface area (Å²) in [6.45, 7) is 1.99. The number of benzene rings is 2. The molecule has 54 valence electrons. The van der Waals surface area contributed by atoms with Crippen LogP contribution in [0.5, 0.6) is 0 Å². The summed E-state index contributed by atoms with van der Waals surface area (Å²) in [5.41, 5.74) is 1.06. The highest BCUT2D eigenvalue weighted by Gasteiger charge is 1.91. The van der Waals surface area contributed by atoms with Crippen molar-refractivity contribution in [3.8, 4) is 0 Å². The maximum Gasteiger partial charge on any atom is 0.0626 e. The summed E-state index contributed by atoms with van der Waals surface area (Å²) < 4.78 is 7.60. The molecule has 0 amide bonds. The van der Waals surface area contributed by atoms with Crippen LogP contribution in [0.15, 0.2) is 42.4 Å². The van der Waals surface area contributed by atoms with Gasteiger partial charge in [-0.25, -0.2) is 0 Å². The molecule has 0 heterocycles. The van der Waals surface area contributed by atoms with Gasteiger partial charge in [-0.2, -0.15) is 0 Å². The van der Waals surface area contributed by atoms with Crippen LogP contribution in [0.3, 0.4) is 0 Å². The van der Waals surface area contributed by atoms with Crippen LogP contribution < -0.4 is 0 Å². The molecular weight excluding hydrogens is 132 g/mol. The number of aryl methyl sites for hydroxylation is 1. The van der Waals surface area contributed by atoms with Crippen LogP contribution in [-0.4, -0.2) is 0 Å². The van der Waals surface area contributed by atoms with Crippen LogP contribution in [0.25, 0.3) is 10.8 Å². The number of fused-ring (bicyclic) bond motifs is 1. The molecule has 0 spiro atoms. The molecule has 11 heavy (non-hydrogen) atoms. The monoisotopic (exact) mass is 143 g/mol. The summed E-state index contributed by atoms with van der Waals surface area (Å²) >= 11 is 0. The fourth-order valence-electron chi connectivity index (χ4n) is 1.32. The second-order valence-corrected chi connectivity index (χ2v) is 2.69. The van der Waals surface area contributed by atoms with Crippen molar-refractivity contribution < 1.29 is 1.37 Å². The average molecular weight is 143 g/mol. The Hall–Kier alpha value is -1.30. The van der Waals surface area contributed by atoms with Gasteiger partial charge in [-0.1, -0.05) is 42.4 Å². The van der Waals surface area contributed by atoms with Gasteiger partial charge in [0.25, 0.3) is 0 Å². The van der Waals surface area contributed by atoms with E-state index in [9.17, 15) is 0 Å². The number of hydrogen-bond donors (Lipinski definition) is 0. The van der Waals surface area contributed by atoms with Crippen molar-refractivity contribution in [3.05, 3.63) is 48.0 Å². The van der Waals surface area contributed by atoms with Crippen LogP contribution in [0.1, 0.15) is 6.93 Å². The van der Waals surface area contributed by atoms with Gasteiger partial charge in [-0.05, 0) is 23.3 Å². The zero-order chi connectivity index (χ0) is 8.55. The zero-order valence-corrected chi connectivity index (χ0v) is 6.46. The Bertz CT molecular complexity index is 418. The minimum atomic E-state index is 0.619. The highest BCUT2D eigenvalue weighted by molar-refractivity contribution is 5.85. The van der Waals surface area contributed by atoms with Gasteiger partial charge in [0.2, 0.25) is 0 Å². The molecule has 0 radical (unpaired) electrons. The third-order valence-corrected chi connectivity index (χ3v) is 1.93. The molecule has 0 saturated heterocycles. The van der Waals surface area contributed by atoms with Crippen molar-refractivity contribution >= 4 is 10.8 Å². The Balaban J connectivity index is 2.91. The maximum atomic E-state index is 7.60. The van der Waals surface area contributed by atoms with Gasteiger partial charge in [0.1, 0.15) is 0 Å². The Morgan fingerprint density at radius 1 is 1.09 bits per heavy atom. The lowest BCUT2D eigenvalue weighted by atomic mass is 10.1. The minimum Gasteiger partial charge on any atom is -0.0616 e. The highest BCUT2D eigenvalue weighted by atomic mass is 14.0. The van der Waals surface area contributed by atoms with Crippen LogP contribution >= 0.6 is 0 Å². The number of rotatable bonds is 0. The summed E-state index contributed by atoms with van der Waals surface area (Å²) in [5, 5.41) is 2.40. The van der Waals surface area contributed by atoms with Gasteiger partial charge < -0.3 is 0 Å². The van der Waals surface area contributed by atoms with E-state index in [-0.39, 0.29) is 0 Å².